The minimum atomic E-state index is -0.308. The van der Waals surface area contributed by atoms with Crippen molar-refractivity contribution in [2.24, 2.45) is 0 Å². The van der Waals surface area contributed by atoms with Crippen molar-refractivity contribution >= 4 is 17.6 Å². The van der Waals surface area contributed by atoms with E-state index in [0.717, 1.165) is 0 Å². The van der Waals surface area contributed by atoms with Gasteiger partial charge in [0.15, 0.2) is 6.04 Å². The van der Waals surface area contributed by atoms with Crippen LogP contribution in [0.15, 0.2) is 0 Å². The molecular formula is C6H13ClNO2+. The molecule has 0 bridgehead atoms. The molecule has 0 fully saturated rings. The Morgan fingerprint density at radius 2 is 2.40 bits per heavy atom. The van der Waals surface area contributed by atoms with Crippen LogP contribution in [0.3, 0.4) is 0 Å². The Kier molecular flexibility index (Phi) is 5.35. The molecule has 0 aromatic heterocycles. The fraction of sp³-hybridized carbons (Fsp3) is 0.833. The van der Waals surface area contributed by atoms with Gasteiger partial charge in [0.05, 0.1) is 6.61 Å². The summed E-state index contributed by atoms with van der Waals surface area (Å²) < 4.78 is 4.70. The van der Waals surface area contributed by atoms with Gasteiger partial charge in [-0.25, -0.2) is 4.79 Å². The van der Waals surface area contributed by atoms with Gasteiger partial charge in [-0.1, -0.05) is 0 Å². The summed E-state index contributed by atoms with van der Waals surface area (Å²) in [7, 11) is 0. The van der Waals surface area contributed by atoms with Crippen LogP contribution in [0.2, 0.25) is 0 Å². The van der Waals surface area contributed by atoms with E-state index in [0.29, 0.717) is 18.9 Å². The molecule has 0 radical (unpaired) electrons. The van der Waals surface area contributed by atoms with Crippen LogP contribution in [0.1, 0.15) is 13.3 Å². The maximum Gasteiger partial charge on any atom is 0.364 e. The zero-order chi connectivity index (χ0) is 7.98. The molecule has 0 saturated heterocycles. The number of halogens is 1. The Hall–Kier alpha value is -0.280. The molecule has 0 aliphatic carbocycles. The number of quaternary nitrogens is 1. The smallest absolute Gasteiger partial charge is 0.364 e. The van der Waals surface area contributed by atoms with Gasteiger partial charge in [-0.2, -0.15) is 0 Å². The normalized spacial score (nSPS) is 12.7. The zero-order valence-electron chi connectivity index (χ0n) is 6.10. The lowest BCUT2D eigenvalue weighted by atomic mass is 10.2. The summed E-state index contributed by atoms with van der Waals surface area (Å²) in [6.45, 7) is 2.18. The summed E-state index contributed by atoms with van der Waals surface area (Å²) in [4.78, 5) is 10.8. The Balaban J connectivity index is 3.49. The number of ether oxygens (including phenoxy) is 1. The summed E-state index contributed by atoms with van der Waals surface area (Å²) in [5.41, 5.74) is 3.59. The number of esters is 1. The Bertz CT molecular complexity index is 108. The maximum absolute atomic E-state index is 10.8. The van der Waals surface area contributed by atoms with Crippen LogP contribution < -0.4 is 5.73 Å². The van der Waals surface area contributed by atoms with Crippen LogP contribution in [-0.4, -0.2) is 24.5 Å². The van der Waals surface area contributed by atoms with Crippen molar-refractivity contribution in [3.8, 4) is 0 Å². The third-order valence-electron chi connectivity index (χ3n) is 1.08. The highest BCUT2D eigenvalue weighted by molar-refractivity contribution is 6.18. The lowest BCUT2D eigenvalue weighted by molar-refractivity contribution is -0.408. The van der Waals surface area contributed by atoms with E-state index in [-0.39, 0.29) is 12.0 Å². The van der Waals surface area contributed by atoms with Gasteiger partial charge in [-0.3, -0.25) is 0 Å². The lowest BCUT2D eigenvalue weighted by Crippen LogP contribution is -2.65. The molecule has 0 amide bonds. The Morgan fingerprint density at radius 1 is 1.80 bits per heavy atom. The molecule has 0 aromatic carbocycles. The number of carbonyl (C=O) groups excluding carboxylic acids is 1. The summed E-state index contributed by atoms with van der Waals surface area (Å²) in [6.07, 6.45) is 0.584. The highest BCUT2D eigenvalue weighted by Gasteiger charge is 2.16. The molecule has 10 heavy (non-hydrogen) atoms. The predicted molar refractivity (Wildman–Crippen MR) is 38.6 cm³/mol. The van der Waals surface area contributed by atoms with Crippen LogP contribution in [0.25, 0.3) is 0 Å². The monoisotopic (exact) mass is 166 g/mol. The molecule has 0 rings (SSSR count). The molecule has 3 nitrogen and oxygen atoms in total. The molecular weight excluding hydrogens is 154 g/mol. The summed E-state index contributed by atoms with van der Waals surface area (Å²) in [5.74, 6) is 0.190. The first-order chi connectivity index (χ1) is 4.72. The first kappa shape index (κ1) is 9.72. The molecule has 1 atom stereocenters. The third kappa shape index (κ3) is 3.69. The first-order valence-electron chi connectivity index (χ1n) is 3.28. The van der Waals surface area contributed by atoms with E-state index < -0.39 is 0 Å². The largest absolute Gasteiger partial charge is 0.462 e. The Morgan fingerprint density at radius 3 is 2.80 bits per heavy atom. The molecule has 0 saturated carbocycles. The van der Waals surface area contributed by atoms with E-state index in [4.69, 9.17) is 16.3 Å². The SMILES string of the molecule is CCOC(=O)C([NH3+])CCCl. The number of alkyl halides is 1. The second-order valence-electron chi connectivity index (χ2n) is 1.93. The lowest BCUT2D eigenvalue weighted by Gasteiger charge is -2.04. The van der Waals surface area contributed by atoms with Gasteiger partial charge in [0.2, 0.25) is 0 Å². The predicted octanol–water partition coefficient (Wildman–Crippen LogP) is -0.211. The maximum atomic E-state index is 10.8. The van der Waals surface area contributed by atoms with E-state index >= 15 is 0 Å². The minimum Gasteiger partial charge on any atom is -0.462 e. The van der Waals surface area contributed by atoms with Crippen LogP contribution in [-0.2, 0) is 9.53 Å². The molecule has 0 heterocycles. The van der Waals surface area contributed by atoms with Crippen molar-refractivity contribution in [1.29, 1.82) is 0 Å². The van der Waals surface area contributed by atoms with Crippen molar-refractivity contribution in [3.63, 3.8) is 0 Å². The van der Waals surface area contributed by atoms with Gasteiger partial charge in [-0.05, 0) is 6.92 Å². The van der Waals surface area contributed by atoms with Crippen molar-refractivity contribution in [3.05, 3.63) is 0 Å². The number of hydrogen-bond donors (Lipinski definition) is 1. The van der Waals surface area contributed by atoms with Crippen LogP contribution >= 0.6 is 11.6 Å². The number of hydrogen-bond acceptors (Lipinski definition) is 2. The number of rotatable bonds is 4. The van der Waals surface area contributed by atoms with E-state index in [1.807, 2.05) is 0 Å². The number of carbonyl (C=O) groups is 1. The van der Waals surface area contributed by atoms with E-state index in [9.17, 15) is 4.79 Å². The van der Waals surface area contributed by atoms with Crippen molar-refractivity contribution in [1.82, 2.24) is 0 Å². The third-order valence-corrected chi connectivity index (χ3v) is 1.30. The first-order valence-corrected chi connectivity index (χ1v) is 3.81. The molecule has 0 spiro atoms. The average molecular weight is 167 g/mol. The Labute approximate surface area is 65.5 Å². The molecule has 60 valence electrons. The molecule has 0 aromatic rings. The van der Waals surface area contributed by atoms with Crippen molar-refractivity contribution in [2.45, 2.75) is 19.4 Å². The highest BCUT2D eigenvalue weighted by atomic mass is 35.5. The van der Waals surface area contributed by atoms with Gasteiger partial charge in [0.25, 0.3) is 0 Å². The summed E-state index contributed by atoms with van der Waals surface area (Å²) in [5, 5.41) is 0. The van der Waals surface area contributed by atoms with Gasteiger partial charge in [-0.15, -0.1) is 11.6 Å². The van der Waals surface area contributed by atoms with Crippen LogP contribution in [0, 0.1) is 0 Å². The fourth-order valence-electron chi connectivity index (χ4n) is 0.510. The molecule has 1 unspecified atom stereocenters. The molecule has 3 N–H and O–H groups in total. The molecule has 0 aliphatic rings. The van der Waals surface area contributed by atoms with E-state index in [2.05, 4.69) is 5.73 Å². The fourth-order valence-corrected chi connectivity index (χ4v) is 0.773. The van der Waals surface area contributed by atoms with Gasteiger partial charge >= 0.3 is 5.97 Å². The average Bonchev–Trinajstić information content (AvgIpc) is 1.89. The second-order valence-corrected chi connectivity index (χ2v) is 2.30. The van der Waals surface area contributed by atoms with E-state index in [1.165, 1.54) is 0 Å². The molecule has 0 aliphatic heterocycles. The molecule has 4 heteroatoms. The topological polar surface area (TPSA) is 53.9 Å². The van der Waals surface area contributed by atoms with Crippen molar-refractivity contribution < 1.29 is 15.3 Å². The summed E-state index contributed by atoms with van der Waals surface area (Å²) >= 11 is 5.39. The van der Waals surface area contributed by atoms with Gasteiger partial charge in [0.1, 0.15) is 0 Å². The minimum absolute atomic E-state index is 0.261. The van der Waals surface area contributed by atoms with Crippen LogP contribution in [0.4, 0.5) is 0 Å². The summed E-state index contributed by atoms with van der Waals surface area (Å²) in [6, 6.07) is -0.308. The second kappa shape index (κ2) is 5.50. The highest BCUT2D eigenvalue weighted by Crippen LogP contribution is 1.91. The van der Waals surface area contributed by atoms with Crippen molar-refractivity contribution in [2.75, 3.05) is 12.5 Å². The standard InChI is InChI=1S/C6H12ClNO2/c1-2-10-6(9)5(8)3-4-7/h5H,2-4,8H2,1H3/p+1. The van der Waals surface area contributed by atoms with E-state index in [1.54, 1.807) is 6.92 Å². The van der Waals surface area contributed by atoms with Gasteiger partial charge < -0.3 is 10.5 Å². The van der Waals surface area contributed by atoms with Crippen LogP contribution in [0.5, 0.6) is 0 Å². The van der Waals surface area contributed by atoms with Gasteiger partial charge in [0, 0.05) is 12.3 Å². The quantitative estimate of drug-likeness (QED) is 0.464. The zero-order valence-corrected chi connectivity index (χ0v) is 6.86.